The SMILES string of the molecule is C[C@@H]1CC[C@@H]2C(=O)N(N(C(=O)c3ccc(Cl)cc3Cl)[C@@H](CCCl)C(=O)c3ccc(F)cc3)C(=O)[C@@H]2C1. The lowest BCUT2D eigenvalue weighted by Crippen LogP contribution is -2.57. The summed E-state index contributed by atoms with van der Waals surface area (Å²) >= 11 is 18.3. The molecule has 10 heteroatoms. The summed E-state index contributed by atoms with van der Waals surface area (Å²) < 4.78 is 13.5. The third-order valence-corrected chi connectivity index (χ3v) is 7.62. The van der Waals surface area contributed by atoms with Crippen LogP contribution in [-0.4, -0.2) is 45.4 Å². The number of fused-ring (bicyclic) bond motifs is 1. The Morgan fingerprint density at radius 2 is 1.72 bits per heavy atom. The second-order valence-corrected chi connectivity index (χ2v) is 10.5. The Morgan fingerprint density at radius 1 is 1.06 bits per heavy atom. The molecule has 1 aliphatic heterocycles. The van der Waals surface area contributed by atoms with Crippen molar-refractivity contribution in [2.75, 3.05) is 5.88 Å². The van der Waals surface area contributed by atoms with Crippen LogP contribution in [0.3, 0.4) is 0 Å². The number of rotatable bonds is 7. The minimum absolute atomic E-state index is 0.00138. The van der Waals surface area contributed by atoms with Gasteiger partial charge < -0.3 is 0 Å². The van der Waals surface area contributed by atoms with Crippen LogP contribution in [0.4, 0.5) is 4.39 Å². The van der Waals surface area contributed by atoms with Crippen molar-refractivity contribution in [1.29, 1.82) is 0 Å². The molecule has 0 radical (unpaired) electrons. The van der Waals surface area contributed by atoms with Crippen molar-refractivity contribution in [3.63, 3.8) is 0 Å². The maximum Gasteiger partial charge on any atom is 0.275 e. The first-order valence-electron chi connectivity index (χ1n) is 11.7. The summed E-state index contributed by atoms with van der Waals surface area (Å²) in [6.07, 6.45) is 1.76. The Balaban J connectivity index is 1.82. The topological polar surface area (TPSA) is 74.8 Å². The Hall–Kier alpha value is -2.48. The molecule has 4 rings (SSSR count). The molecule has 36 heavy (non-hydrogen) atoms. The van der Waals surface area contributed by atoms with Gasteiger partial charge in [0.25, 0.3) is 17.7 Å². The predicted molar refractivity (Wildman–Crippen MR) is 134 cm³/mol. The van der Waals surface area contributed by atoms with Crippen LogP contribution >= 0.6 is 34.8 Å². The molecule has 0 bridgehead atoms. The van der Waals surface area contributed by atoms with Gasteiger partial charge in [0.15, 0.2) is 5.78 Å². The average molecular weight is 554 g/mol. The van der Waals surface area contributed by atoms with Crippen LogP contribution in [0.2, 0.25) is 10.0 Å². The van der Waals surface area contributed by atoms with E-state index >= 15 is 0 Å². The van der Waals surface area contributed by atoms with Crippen LogP contribution < -0.4 is 0 Å². The van der Waals surface area contributed by atoms with Crippen LogP contribution in [0.5, 0.6) is 0 Å². The highest BCUT2D eigenvalue weighted by molar-refractivity contribution is 6.36. The molecule has 1 aliphatic carbocycles. The quantitative estimate of drug-likeness (QED) is 0.247. The van der Waals surface area contributed by atoms with Crippen molar-refractivity contribution in [3.8, 4) is 0 Å². The van der Waals surface area contributed by atoms with Gasteiger partial charge in [0.1, 0.15) is 11.9 Å². The third kappa shape index (κ3) is 5.01. The number of amides is 3. The molecule has 0 spiro atoms. The molecule has 2 aromatic rings. The third-order valence-electron chi connectivity index (χ3n) is 6.86. The zero-order chi connectivity index (χ0) is 26.1. The van der Waals surface area contributed by atoms with Gasteiger partial charge in [-0.15, -0.1) is 11.6 Å². The van der Waals surface area contributed by atoms with E-state index in [0.717, 1.165) is 28.6 Å². The fourth-order valence-corrected chi connectivity index (χ4v) is 5.71. The Bertz CT molecular complexity index is 1210. The number of Topliss-reactive ketones (excluding diaryl/α,β-unsaturated/α-hetero) is 1. The minimum atomic E-state index is -1.31. The summed E-state index contributed by atoms with van der Waals surface area (Å²) in [5.41, 5.74) is 0.0769. The van der Waals surface area contributed by atoms with Gasteiger partial charge in [0.2, 0.25) is 0 Å². The van der Waals surface area contributed by atoms with Crippen LogP contribution in [0, 0.1) is 23.6 Å². The normalized spacial score (nSPS) is 22.4. The van der Waals surface area contributed by atoms with Crippen molar-refractivity contribution in [1.82, 2.24) is 10.0 Å². The highest BCUT2D eigenvalue weighted by Crippen LogP contribution is 2.42. The largest absolute Gasteiger partial charge is 0.292 e. The van der Waals surface area contributed by atoms with E-state index in [0.29, 0.717) is 12.8 Å². The molecule has 1 saturated heterocycles. The molecule has 6 nitrogen and oxygen atoms in total. The number of benzene rings is 2. The molecule has 1 saturated carbocycles. The predicted octanol–water partition coefficient (Wildman–Crippen LogP) is 5.79. The Labute approximate surface area is 223 Å². The first kappa shape index (κ1) is 26.6. The van der Waals surface area contributed by atoms with E-state index < -0.39 is 47.2 Å². The van der Waals surface area contributed by atoms with E-state index in [4.69, 9.17) is 34.8 Å². The summed E-state index contributed by atoms with van der Waals surface area (Å²) in [5, 5.41) is 2.01. The van der Waals surface area contributed by atoms with Crippen molar-refractivity contribution in [3.05, 3.63) is 69.5 Å². The van der Waals surface area contributed by atoms with E-state index in [9.17, 15) is 23.6 Å². The van der Waals surface area contributed by atoms with E-state index in [-0.39, 0.29) is 39.4 Å². The number of imide groups is 1. The number of hydrogen-bond acceptors (Lipinski definition) is 4. The molecule has 0 unspecified atom stereocenters. The molecule has 0 aromatic heterocycles. The van der Waals surface area contributed by atoms with Crippen LogP contribution in [0.15, 0.2) is 42.5 Å². The standard InChI is InChI=1S/C26H24Cl3FN2O4/c1-14-2-8-18-20(12-14)26(36)32(24(18)34)31(25(35)19-9-5-16(28)13-21(19)29)22(10-11-27)23(33)15-3-6-17(30)7-4-15/h3-7,9,13-14,18,20,22H,2,8,10-12H2,1H3/t14-,18+,20-,22+/m1/s1. The smallest absolute Gasteiger partial charge is 0.275 e. The number of hydrazine groups is 1. The number of carbonyl (C=O) groups excluding carboxylic acids is 4. The lowest BCUT2D eigenvalue weighted by Gasteiger charge is -2.36. The number of ketones is 1. The number of hydrogen-bond donors (Lipinski definition) is 0. The first-order valence-corrected chi connectivity index (χ1v) is 12.9. The number of halogens is 4. The summed E-state index contributed by atoms with van der Waals surface area (Å²) in [4.78, 5) is 54.7. The summed E-state index contributed by atoms with van der Waals surface area (Å²) in [5.74, 6) is -3.92. The van der Waals surface area contributed by atoms with Crippen molar-refractivity contribution < 1.29 is 23.6 Å². The first-order chi connectivity index (χ1) is 17.1. The summed E-state index contributed by atoms with van der Waals surface area (Å²) in [6.45, 7) is 2.02. The molecule has 2 aromatic carbocycles. The lowest BCUT2D eigenvalue weighted by atomic mass is 9.76. The molecular weight excluding hydrogens is 530 g/mol. The van der Waals surface area contributed by atoms with E-state index in [1.54, 1.807) is 0 Å². The zero-order valence-electron chi connectivity index (χ0n) is 19.4. The molecule has 4 atom stereocenters. The maximum absolute atomic E-state index is 13.9. The molecule has 2 fully saturated rings. The highest BCUT2D eigenvalue weighted by Gasteiger charge is 2.54. The molecule has 3 amide bonds. The van der Waals surface area contributed by atoms with E-state index in [1.165, 1.54) is 30.3 Å². The van der Waals surface area contributed by atoms with Crippen LogP contribution in [0.1, 0.15) is 53.3 Å². The molecule has 190 valence electrons. The molecule has 2 aliphatic rings. The maximum atomic E-state index is 13.9. The Kier molecular flexibility index (Phi) is 8.03. The van der Waals surface area contributed by atoms with Gasteiger partial charge in [-0.05, 0) is 74.1 Å². The van der Waals surface area contributed by atoms with Gasteiger partial charge in [-0.1, -0.05) is 30.1 Å². The number of alkyl halides is 1. The highest BCUT2D eigenvalue weighted by atomic mass is 35.5. The van der Waals surface area contributed by atoms with E-state index in [1.807, 2.05) is 6.92 Å². The van der Waals surface area contributed by atoms with Gasteiger partial charge in [-0.2, -0.15) is 5.01 Å². The lowest BCUT2D eigenvalue weighted by molar-refractivity contribution is -0.156. The zero-order valence-corrected chi connectivity index (χ0v) is 21.7. The number of nitrogens with zero attached hydrogens (tertiary/aromatic N) is 2. The van der Waals surface area contributed by atoms with Crippen LogP contribution in [-0.2, 0) is 9.59 Å². The Morgan fingerprint density at radius 3 is 2.36 bits per heavy atom. The number of carbonyl (C=O) groups is 4. The molecule has 0 N–H and O–H groups in total. The van der Waals surface area contributed by atoms with Gasteiger partial charge in [0, 0.05) is 16.5 Å². The molecular formula is C26H24Cl3FN2O4. The van der Waals surface area contributed by atoms with E-state index in [2.05, 4.69) is 0 Å². The average Bonchev–Trinajstić information content (AvgIpc) is 3.08. The van der Waals surface area contributed by atoms with Gasteiger partial charge in [-0.25, -0.2) is 9.40 Å². The monoisotopic (exact) mass is 552 g/mol. The van der Waals surface area contributed by atoms with Gasteiger partial charge in [0.05, 0.1) is 22.4 Å². The second-order valence-electron chi connectivity index (χ2n) is 9.26. The van der Waals surface area contributed by atoms with Crippen molar-refractivity contribution >= 4 is 58.3 Å². The fourth-order valence-electron chi connectivity index (χ4n) is 5.02. The minimum Gasteiger partial charge on any atom is -0.292 e. The molecule has 1 heterocycles. The van der Waals surface area contributed by atoms with Gasteiger partial charge in [-0.3, -0.25) is 19.2 Å². The summed E-state index contributed by atoms with van der Waals surface area (Å²) in [6, 6.07) is 7.69. The fraction of sp³-hybridized carbons (Fsp3) is 0.385. The van der Waals surface area contributed by atoms with Crippen molar-refractivity contribution in [2.24, 2.45) is 17.8 Å². The van der Waals surface area contributed by atoms with Crippen LogP contribution in [0.25, 0.3) is 0 Å². The second kappa shape index (κ2) is 10.9. The van der Waals surface area contributed by atoms with Crippen molar-refractivity contribution in [2.45, 2.75) is 38.6 Å². The van der Waals surface area contributed by atoms with Gasteiger partial charge >= 0.3 is 0 Å². The summed E-state index contributed by atoms with van der Waals surface area (Å²) in [7, 11) is 0.